The third-order valence-corrected chi connectivity index (χ3v) is 3.75. The van der Waals surface area contributed by atoms with Crippen molar-refractivity contribution >= 4 is 0 Å². The normalized spacial score (nSPS) is 21.7. The summed E-state index contributed by atoms with van der Waals surface area (Å²) >= 11 is 0. The second kappa shape index (κ2) is 9.76. The second-order valence-corrected chi connectivity index (χ2v) is 5.62. The Labute approximate surface area is 113 Å². The van der Waals surface area contributed by atoms with E-state index in [2.05, 4.69) is 31.0 Å². The number of ether oxygens (including phenoxy) is 1. The van der Waals surface area contributed by atoms with E-state index in [1.807, 2.05) is 0 Å². The van der Waals surface area contributed by atoms with Gasteiger partial charge in [0.25, 0.3) is 0 Å². The summed E-state index contributed by atoms with van der Waals surface area (Å²) in [5.74, 6) is 0. The molecule has 1 aliphatic rings. The van der Waals surface area contributed by atoms with Crippen molar-refractivity contribution in [3.05, 3.63) is 0 Å². The predicted molar refractivity (Wildman–Crippen MR) is 78.1 cm³/mol. The summed E-state index contributed by atoms with van der Waals surface area (Å²) in [6, 6.07) is 0.838. The highest BCUT2D eigenvalue weighted by Crippen LogP contribution is 2.18. The van der Waals surface area contributed by atoms with E-state index in [0.717, 1.165) is 32.2 Å². The van der Waals surface area contributed by atoms with E-state index in [9.17, 15) is 0 Å². The van der Waals surface area contributed by atoms with E-state index < -0.39 is 0 Å². The molecule has 3 nitrogen and oxygen atoms in total. The minimum Gasteiger partial charge on any atom is -0.379 e. The van der Waals surface area contributed by atoms with Gasteiger partial charge in [-0.05, 0) is 52.6 Å². The summed E-state index contributed by atoms with van der Waals surface area (Å²) in [7, 11) is 0. The van der Waals surface area contributed by atoms with Crippen molar-refractivity contribution in [2.24, 2.45) is 0 Å². The molecular formula is C15H32N2O. The van der Waals surface area contributed by atoms with Gasteiger partial charge in [0.05, 0.1) is 6.10 Å². The van der Waals surface area contributed by atoms with E-state index in [4.69, 9.17) is 4.74 Å². The van der Waals surface area contributed by atoms with Crippen LogP contribution in [0.2, 0.25) is 0 Å². The fourth-order valence-corrected chi connectivity index (χ4v) is 2.68. The Balaban J connectivity index is 1.96. The fraction of sp³-hybridized carbons (Fsp3) is 1.00. The topological polar surface area (TPSA) is 24.5 Å². The van der Waals surface area contributed by atoms with Crippen molar-refractivity contribution in [3.8, 4) is 0 Å². The summed E-state index contributed by atoms with van der Waals surface area (Å²) < 4.78 is 5.52. The van der Waals surface area contributed by atoms with E-state index in [-0.39, 0.29) is 0 Å². The number of piperidine rings is 1. The maximum absolute atomic E-state index is 5.52. The Morgan fingerprint density at radius 2 is 2.11 bits per heavy atom. The highest BCUT2D eigenvalue weighted by molar-refractivity contribution is 4.76. The zero-order valence-electron chi connectivity index (χ0n) is 12.6. The Bertz CT molecular complexity index is 197. The number of likely N-dealkylation sites (tertiary alicyclic amines) is 1. The molecule has 0 aliphatic carbocycles. The maximum Gasteiger partial charge on any atom is 0.0518 e. The van der Waals surface area contributed by atoms with Gasteiger partial charge in [0.1, 0.15) is 0 Å². The molecule has 0 radical (unpaired) electrons. The molecule has 0 aromatic carbocycles. The first-order valence-corrected chi connectivity index (χ1v) is 7.80. The van der Waals surface area contributed by atoms with Gasteiger partial charge in [-0.3, -0.25) is 4.90 Å². The monoisotopic (exact) mass is 256 g/mol. The van der Waals surface area contributed by atoms with Crippen LogP contribution in [0.5, 0.6) is 0 Å². The van der Waals surface area contributed by atoms with Gasteiger partial charge in [-0.25, -0.2) is 0 Å². The van der Waals surface area contributed by atoms with Gasteiger partial charge in [0.2, 0.25) is 0 Å². The first kappa shape index (κ1) is 15.9. The summed E-state index contributed by atoms with van der Waals surface area (Å²) in [5, 5.41) is 3.53. The lowest BCUT2D eigenvalue weighted by molar-refractivity contribution is 0.0767. The molecule has 1 unspecified atom stereocenters. The van der Waals surface area contributed by atoms with E-state index in [1.165, 1.54) is 38.8 Å². The van der Waals surface area contributed by atoms with E-state index >= 15 is 0 Å². The van der Waals surface area contributed by atoms with Gasteiger partial charge in [0, 0.05) is 25.7 Å². The second-order valence-electron chi connectivity index (χ2n) is 5.62. The van der Waals surface area contributed by atoms with Crippen molar-refractivity contribution in [2.75, 3.05) is 32.8 Å². The van der Waals surface area contributed by atoms with Gasteiger partial charge in [-0.1, -0.05) is 13.3 Å². The lowest BCUT2D eigenvalue weighted by Gasteiger charge is -2.35. The number of rotatable bonds is 9. The zero-order valence-corrected chi connectivity index (χ0v) is 12.6. The molecule has 1 fully saturated rings. The minimum atomic E-state index is 0.365. The smallest absolute Gasteiger partial charge is 0.0518 e. The predicted octanol–water partition coefficient (Wildman–Crippen LogP) is 2.66. The molecule has 1 saturated heterocycles. The third-order valence-electron chi connectivity index (χ3n) is 3.75. The van der Waals surface area contributed by atoms with Gasteiger partial charge in [0.15, 0.2) is 0 Å². The molecule has 0 amide bonds. The summed E-state index contributed by atoms with van der Waals surface area (Å²) in [6.45, 7) is 12.1. The van der Waals surface area contributed by atoms with E-state index in [1.54, 1.807) is 0 Å². The van der Waals surface area contributed by atoms with E-state index in [0.29, 0.717) is 6.10 Å². The Morgan fingerprint density at radius 1 is 1.28 bits per heavy atom. The minimum absolute atomic E-state index is 0.365. The van der Waals surface area contributed by atoms with Gasteiger partial charge in [-0.2, -0.15) is 0 Å². The van der Waals surface area contributed by atoms with Crippen molar-refractivity contribution in [3.63, 3.8) is 0 Å². The number of hydrogen-bond acceptors (Lipinski definition) is 3. The molecule has 1 aliphatic heterocycles. The average Bonchev–Trinajstić information content (AvgIpc) is 2.37. The number of nitrogens with zero attached hydrogens (tertiary/aromatic N) is 1. The summed E-state index contributed by atoms with van der Waals surface area (Å²) in [4.78, 5) is 2.67. The quantitative estimate of drug-likeness (QED) is 0.642. The molecule has 1 N–H and O–H groups in total. The van der Waals surface area contributed by atoms with Crippen LogP contribution in [-0.4, -0.2) is 49.8 Å². The van der Waals surface area contributed by atoms with Gasteiger partial charge >= 0.3 is 0 Å². The fourth-order valence-electron chi connectivity index (χ4n) is 2.68. The van der Waals surface area contributed by atoms with Crippen LogP contribution in [0.15, 0.2) is 0 Å². The van der Waals surface area contributed by atoms with Crippen molar-refractivity contribution in [1.82, 2.24) is 10.2 Å². The van der Waals surface area contributed by atoms with Crippen LogP contribution in [0, 0.1) is 0 Å². The first-order valence-electron chi connectivity index (χ1n) is 7.80. The molecule has 0 aromatic rings. The third kappa shape index (κ3) is 6.72. The highest BCUT2D eigenvalue weighted by atomic mass is 16.5. The Morgan fingerprint density at radius 3 is 2.83 bits per heavy atom. The first-order chi connectivity index (χ1) is 8.74. The average molecular weight is 256 g/mol. The molecule has 0 bridgehead atoms. The highest BCUT2D eigenvalue weighted by Gasteiger charge is 2.19. The number of nitrogens with one attached hydrogen (secondary N) is 1. The summed E-state index contributed by atoms with van der Waals surface area (Å²) in [5.41, 5.74) is 0. The van der Waals surface area contributed by atoms with Crippen LogP contribution in [-0.2, 0) is 4.74 Å². The lowest BCUT2D eigenvalue weighted by Crippen LogP contribution is -2.42. The van der Waals surface area contributed by atoms with Crippen molar-refractivity contribution in [1.29, 1.82) is 0 Å². The number of hydrogen-bond donors (Lipinski definition) is 1. The molecule has 0 spiro atoms. The van der Waals surface area contributed by atoms with Crippen LogP contribution < -0.4 is 5.32 Å². The van der Waals surface area contributed by atoms with Crippen LogP contribution in [0.3, 0.4) is 0 Å². The molecule has 0 aromatic heterocycles. The summed E-state index contributed by atoms with van der Waals surface area (Å²) in [6.07, 6.45) is 7.01. The zero-order chi connectivity index (χ0) is 13.2. The molecule has 108 valence electrons. The Kier molecular flexibility index (Phi) is 8.64. The molecule has 1 heterocycles. The molecule has 18 heavy (non-hydrogen) atoms. The van der Waals surface area contributed by atoms with Crippen molar-refractivity contribution < 1.29 is 4.74 Å². The molecule has 1 rings (SSSR count). The van der Waals surface area contributed by atoms with Gasteiger partial charge < -0.3 is 10.1 Å². The SMILES string of the molecule is CCC1CCCCN1CCNCCCOC(C)C. The molecule has 1 atom stereocenters. The Hall–Kier alpha value is -0.120. The van der Waals surface area contributed by atoms with Gasteiger partial charge in [-0.15, -0.1) is 0 Å². The van der Waals surface area contributed by atoms with Crippen LogP contribution in [0.1, 0.15) is 52.9 Å². The van der Waals surface area contributed by atoms with Crippen LogP contribution in [0.4, 0.5) is 0 Å². The molecule has 3 heteroatoms. The largest absolute Gasteiger partial charge is 0.379 e. The molecule has 0 saturated carbocycles. The van der Waals surface area contributed by atoms with Crippen LogP contribution >= 0.6 is 0 Å². The molecular weight excluding hydrogens is 224 g/mol. The van der Waals surface area contributed by atoms with Crippen molar-refractivity contribution in [2.45, 2.75) is 65.0 Å². The maximum atomic E-state index is 5.52. The van der Waals surface area contributed by atoms with Crippen LogP contribution in [0.25, 0.3) is 0 Å². The standard InChI is InChI=1S/C15H32N2O/c1-4-15-8-5-6-11-17(15)12-10-16-9-7-13-18-14(2)3/h14-16H,4-13H2,1-3H3. The lowest BCUT2D eigenvalue weighted by atomic mass is 10.0.